The highest BCUT2D eigenvalue weighted by atomic mass is 16.2. The van der Waals surface area contributed by atoms with Crippen LogP contribution in [0, 0.1) is 17.8 Å². The molecule has 0 aromatic heterocycles. The summed E-state index contributed by atoms with van der Waals surface area (Å²) in [6.07, 6.45) is 11.6. The lowest BCUT2D eigenvalue weighted by Gasteiger charge is -2.41. The van der Waals surface area contributed by atoms with Gasteiger partial charge in [-0.3, -0.25) is 4.79 Å². The molecule has 2 aliphatic carbocycles. The number of carbonyl (C=O) groups excluding carboxylic acids is 1. The Morgan fingerprint density at radius 3 is 2.55 bits per heavy atom. The molecule has 1 aliphatic heterocycles. The van der Waals surface area contributed by atoms with E-state index in [4.69, 9.17) is 0 Å². The third kappa shape index (κ3) is 3.03. The molecule has 0 spiro atoms. The van der Waals surface area contributed by atoms with Crippen LogP contribution in [0.2, 0.25) is 0 Å². The Morgan fingerprint density at radius 2 is 1.80 bits per heavy atom. The van der Waals surface area contributed by atoms with Crippen molar-refractivity contribution in [3.05, 3.63) is 0 Å². The van der Waals surface area contributed by atoms with Crippen molar-refractivity contribution in [2.75, 3.05) is 20.1 Å². The zero-order chi connectivity index (χ0) is 13.9. The van der Waals surface area contributed by atoms with Gasteiger partial charge >= 0.3 is 0 Å². The molecule has 1 heterocycles. The Balaban J connectivity index is 1.56. The topological polar surface area (TPSA) is 32.3 Å². The van der Waals surface area contributed by atoms with Crippen LogP contribution in [-0.4, -0.2) is 37.0 Å². The fourth-order valence-electron chi connectivity index (χ4n) is 4.73. The van der Waals surface area contributed by atoms with E-state index in [1.54, 1.807) is 0 Å². The highest BCUT2D eigenvalue weighted by molar-refractivity contribution is 5.79. The van der Waals surface area contributed by atoms with Gasteiger partial charge in [0, 0.05) is 25.6 Å². The number of amides is 1. The van der Waals surface area contributed by atoms with Gasteiger partial charge < -0.3 is 10.2 Å². The zero-order valence-corrected chi connectivity index (χ0v) is 12.9. The van der Waals surface area contributed by atoms with Crippen LogP contribution < -0.4 is 5.32 Å². The van der Waals surface area contributed by atoms with Crippen molar-refractivity contribution < 1.29 is 4.79 Å². The van der Waals surface area contributed by atoms with Crippen molar-refractivity contribution in [2.45, 2.75) is 63.8 Å². The number of carbonyl (C=O) groups is 1. The monoisotopic (exact) mass is 278 g/mol. The largest absolute Gasteiger partial charge is 0.341 e. The van der Waals surface area contributed by atoms with E-state index in [1.165, 1.54) is 51.4 Å². The molecule has 1 N–H and O–H groups in total. The summed E-state index contributed by atoms with van der Waals surface area (Å²) in [7, 11) is 2.03. The van der Waals surface area contributed by atoms with Gasteiger partial charge in [-0.25, -0.2) is 0 Å². The molecule has 3 rings (SSSR count). The molecule has 1 saturated heterocycles. The van der Waals surface area contributed by atoms with Crippen LogP contribution in [-0.2, 0) is 4.79 Å². The molecule has 3 heteroatoms. The summed E-state index contributed by atoms with van der Waals surface area (Å²) in [5.74, 6) is 2.54. The van der Waals surface area contributed by atoms with E-state index in [0.29, 0.717) is 17.9 Å². The summed E-state index contributed by atoms with van der Waals surface area (Å²) in [4.78, 5) is 14.8. The number of fused-ring (bicyclic) bond motifs is 1. The minimum Gasteiger partial charge on any atom is -0.341 e. The molecule has 2 saturated carbocycles. The maximum Gasteiger partial charge on any atom is 0.225 e. The van der Waals surface area contributed by atoms with E-state index in [1.807, 2.05) is 7.05 Å². The normalized spacial score (nSPS) is 38.0. The standard InChI is InChI=1S/C17H30N2O/c1-19(16-7-4-10-18-12-16)17(20)15-9-8-13-5-2-3-6-14(13)11-15/h13-16,18H,2-12H2,1H3. The van der Waals surface area contributed by atoms with Crippen molar-refractivity contribution in [1.82, 2.24) is 10.2 Å². The van der Waals surface area contributed by atoms with Crippen molar-refractivity contribution in [1.29, 1.82) is 0 Å². The van der Waals surface area contributed by atoms with Crippen molar-refractivity contribution in [2.24, 2.45) is 17.8 Å². The fraction of sp³-hybridized carbons (Fsp3) is 0.941. The first-order valence-corrected chi connectivity index (χ1v) is 8.73. The Kier molecular flexibility index (Phi) is 4.65. The van der Waals surface area contributed by atoms with E-state index in [2.05, 4.69) is 10.2 Å². The van der Waals surface area contributed by atoms with Crippen LogP contribution in [0.15, 0.2) is 0 Å². The molecule has 3 fully saturated rings. The van der Waals surface area contributed by atoms with E-state index >= 15 is 0 Å². The molecule has 3 aliphatic rings. The smallest absolute Gasteiger partial charge is 0.225 e. The van der Waals surface area contributed by atoms with Gasteiger partial charge in [0.25, 0.3) is 0 Å². The lowest BCUT2D eigenvalue weighted by Crippen LogP contribution is -2.49. The molecular formula is C17H30N2O. The highest BCUT2D eigenvalue weighted by Gasteiger charge is 2.37. The van der Waals surface area contributed by atoms with Gasteiger partial charge in [-0.05, 0) is 50.5 Å². The van der Waals surface area contributed by atoms with Crippen LogP contribution >= 0.6 is 0 Å². The lowest BCUT2D eigenvalue weighted by atomic mass is 9.67. The minimum absolute atomic E-state index is 0.321. The molecule has 4 unspecified atom stereocenters. The third-order valence-corrected chi connectivity index (χ3v) is 6.06. The lowest BCUT2D eigenvalue weighted by molar-refractivity contribution is -0.139. The molecule has 0 radical (unpaired) electrons. The minimum atomic E-state index is 0.321. The molecule has 20 heavy (non-hydrogen) atoms. The summed E-state index contributed by atoms with van der Waals surface area (Å²) in [6, 6.07) is 0.431. The Morgan fingerprint density at radius 1 is 1.00 bits per heavy atom. The Bertz CT molecular complexity index is 338. The number of rotatable bonds is 2. The number of nitrogens with one attached hydrogen (secondary N) is 1. The van der Waals surface area contributed by atoms with Crippen LogP contribution in [0.5, 0.6) is 0 Å². The maximum atomic E-state index is 12.8. The average molecular weight is 278 g/mol. The SMILES string of the molecule is CN(C(=O)C1CCC2CCCCC2C1)C1CCCNC1. The molecule has 114 valence electrons. The summed E-state index contributed by atoms with van der Waals surface area (Å²) >= 11 is 0. The number of hydrogen-bond acceptors (Lipinski definition) is 2. The summed E-state index contributed by atoms with van der Waals surface area (Å²) < 4.78 is 0. The summed E-state index contributed by atoms with van der Waals surface area (Å²) in [5, 5.41) is 3.42. The van der Waals surface area contributed by atoms with Gasteiger partial charge in [0.1, 0.15) is 0 Å². The zero-order valence-electron chi connectivity index (χ0n) is 12.9. The van der Waals surface area contributed by atoms with E-state index < -0.39 is 0 Å². The quantitative estimate of drug-likeness (QED) is 0.842. The van der Waals surface area contributed by atoms with Crippen molar-refractivity contribution in [3.63, 3.8) is 0 Å². The van der Waals surface area contributed by atoms with Gasteiger partial charge in [-0.15, -0.1) is 0 Å². The second-order valence-electron chi connectivity index (χ2n) is 7.26. The molecule has 0 aromatic rings. The first kappa shape index (κ1) is 14.4. The van der Waals surface area contributed by atoms with Gasteiger partial charge in [-0.1, -0.05) is 25.7 Å². The Hall–Kier alpha value is -0.570. The number of piperidine rings is 1. The van der Waals surface area contributed by atoms with Gasteiger partial charge in [0.05, 0.1) is 0 Å². The van der Waals surface area contributed by atoms with Crippen molar-refractivity contribution in [3.8, 4) is 0 Å². The maximum absolute atomic E-state index is 12.8. The summed E-state index contributed by atoms with van der Waals surface area (Å²) in [6.45, 7) is 2.10. The molecule has 0 aromatic carbocycles. The first-order chi connectivity index (χ1) is 9.75. The van der Waals surface area contributed by atoms with Crippen molar-refractivity contribution >= 4 is 5.91 Å². The van der Waals surface area contributed by atoms with E-state index in [-0.39, 0.29) is 0 Å². The molecular weight excluding hydrogens is 248 g/mol. The second kappa shape index (κ2) is 6.46. The number of hydrogen-bond donors (Lipinski definition) is 1. The van der Waals surface area contributed by atoms with Crippen LogP contribution in [0.1, 0.15) is 57.8 Å². The van der Waals surface area contributed by atoms with E-state index in [0.717, 1.165) is 31.3 Å². The third-order valence-electron chi connectivity index (χ3n) is 6.06. The van der Waals surface area contributed by atoms with E-state index in [9.17, 15) is 4.79 Å². The molecule has 3 nitrogen and oxygen atoms in total. The number of likely N-dealkylation sites (N-methyl/N-ethyl adjacent to an activating group) is 1. The van der Waals surface area contributed by atoms with Gasteiger partial charge in [-0.2, -0.15) is 0 Å². The highest BCUT2D eigenvalue weighted by Crippen LogP contribution is 2.43. The summed E-state index contributed by atoms with van der Waals surface area (Å²) in [5.41, 5.74) is 0. The first-order valence-electron chi connectivity index (χ1n) is 8.73. The Labute approximate surface area is 123 Å². The van der Waals surface area contributed by atoms with Gasteiger partial charge in [0.2, 0.25) is 5.91 Å². The number of nitrogens with zero attached hydrogens (tertiary/aromatic N) is 1. The average Bonchev–Trinajstić information content (AvgIpc) is 2.54. The molecule has 1 amide bonds. The molecule has 4 atom stereocenters. The predicted molar refractivity (Wildman–Crippen MR) is 81.5 cm³/mol. The fourth-order valence-corrected chi connectivity index (χ4v) is 4.73. The molecule has 0 bridgehead atoms. The van der Waals surface area contributed by atoms with Crippen LogP contribution in [0.3, 0.4) is 0 Å². The van der Waals surface area contributed by atoms with Gasteiger partial charge in [0.15, 0.2) is 0 Å². The second-order valence-corrected chi connectivity index (χ2v) is 7.26. The van der Waals surface area contributed by atoms with Crippen LogP contribution in [0.25, 0.3) is 0 Å². The predicted octanol–water partition coefficient (Wildman–Crippen LogP) is 2.80. The van der Waals surface area contributed by atoms with Crippen LogP contribution in [0.4, 0.5) is 0 Å².